The zero-order valence-electron chi connectivity index (χ0n) is 20.1. The Morgan fingerprint density at radius 3 is 2.34 bits per heavy atom. The van der Waals surface area contributed by atoms with Crippen LogP contribution in [0.3, 0.4) is 0 Å². The minimum absolute atomic E-state index is 0.0661. The van der Waals surface area contributed by atoms with Gasteiger partial charge in [0.05, 0.1) is 23.8 Å². The smallest absolute Gasteiger partial charge is 0.336 e. The number of anilines is 1. The summed E-state index contributed by atoms with van der Waals surface area (Å²) in [4.78, 5) is 17.4. The van der Waals surface area contributed by atoms with Gasteiger partial charge in [0.2, 0.25) is 5.91 Å². The zero-order valence-corrected chi connectivity index (χ0v) is 20.1. The van der Waals surface area contributed by atoms with Crippen LogP contribution in [0.25, 0.3) is 17.1 Å². The monoisotopic (exact) mass is 472 g/mol. The van der Waals surface area contributed by atoms with Crippen molar-refractivity contribution in [3.05, 3.63) is 90.2 Å². The molecule has 4 rings (SSSR count). The fourth-order valence-corrected chi connectivity index (χ4v) is 3.77. The topological polar surface area (TPSA) is 69.0 Å². The Balaban J connectivity index is 1.59. The van der Waals surface area contributed by atoms with E-state index in [9.17, 15) is 9.18 Å². The van der Waals surface area contributed by atoms with Crippen molar-refractivity contribution in [2.75, 3.05) is 11.9 Å². The van der Waals surface area contributed by atoms with E-state index in [0.29, 0.717) is 41.7 Å². The molecule has 35 heavy (non-hydrogen) atoms. The van der Waals surface area contributed by atoms with Gasteiger partial charge in [0.25, 0.3) is 0 Å². The third-order valence-corrected chi connectivity index (χ3v) is 5.55. The van der Waals surface area contributed by atoms with Crippen molar-refractivity contribution in [2.45, 2.75) is 33.1 Å². The number of carbonyl (C=O) groups is 1. The molecule has 0 aliphatic rings. The van der Waals surface area contributed by atoms with Gasteiger partial charge < -0.3 is 10.1 Å². The Morgan fingerprint density at radius 2 is 1.69 bits per heavy atom. The van der Waals surface area contributed by atoms with E-state index in [0.717, 1.165) is 5.56 Å². The lowest BCUT2D eigenvalue weighted by molar-refractivity contribution is -0.117. The number of carbonyl (C=O) groups excluding carboxylic acids is 1. The Labute approximate surface area is 204 Å². The number of nitrogens with zero attached hydrogens (tertiary/aromatic N) is 3. The minimum atomic E-state index is -0.396. The first kappa shape index (κ1) is 24.1. The number of nitrogens with one attached hydrogen (secondary N) is 1. The maximum absolute atomic E-state index is 14.6. The van der Waals surface area contributed by atoms with Crippen molar-refractivity contribution in [2.24, 2.45) is 5.92 Å². The molecular weight excluding hydrogens is 443 g/mol. The molecule has 3 aromatic carbocycles. The van der Waals surface area contributed by atoms with Crippen molar-refractivity contribution < 1.29 is 13.9 Å². The molecule has 1 heterocycles. The summed E-state index contributed by atoms with van der Waals surface area (Å²) in [6.07, 6.45) is 0.693. The standard InChI is InChI=1S/C28H29FN4O2/c1-4-23(20-10-6-5-7-11-20)27(34)30-21-14-16-22(17-15-21)33-26(24-12-8-9-13-25(24)29)31-28(32-33)35-18-19(2)3/h5-17,19,23H,4,18H2,1-3H3,(H,30,34). The quantitative estimate of drug-likeness (QED) is 0.313. The van der Waals surface area contributed by atoms with Gasteiger partial charge in [0, 0.05) is 5.69 Å². The lowest BCUT2D eigenvalue weighted by Gasteiger charge is -2.15. The molecule has 0 saturated carbocycles. The fraction of sp³-hybridized carbons (Fsp3) is 0.250. The molecule has 0 fully saturated rings. The van der Waals surface area contributed by atoms with Crippen molar-refractivity contribution >= 4 is 11.6 Å². The Hall–Kier alpha value is -4.00. The third kappa shape index (κ3) is 5.74. The molecule has 0 spiro atoms. The average Bonchev–Trinajstić information content (AvgIpc) is 3.29. The normalized spacial score (nSPS) is 11.9. The van der Waals surface area contributed by atoms with Crippen LogP contribution in [0.15, 0.2) is 78.9 Å². The van der Waals surface area contributed by atoms with E-state index >= 15 is 0 Å². The van der Waals surface area contributed by atoms with Gasteiger partial charge in [-0.3, -0.25) is 4.79 Å². The fourth-order valence-electron chi connectivity index (χ4n) is 3.77. The maximum atomic E-state index is 14.6. The molecule has 0 aliphatic heterocycles. The van der Waals surface area contributed by atoms with Gasteiger partial charge in [-0.2, -0.15) is 4.98 Å². The van der Waals surface area contributed by atoms with Crippen LogP contribution in [0.5, 0.6) is 6.01 Å². The van der Waals surface area contributed by atoms with Crippen LogP contribution in [-0.2, 0) is 4.79 Å². The van der Waals surface area contributed by atoms with Crippen molar-refractivity contribution in [1.29, 1.82) is 0 Å². The number of amides is 1. The summed E-state index contributed by atoms with van der Waals surface area (Å²) in [6.45, 7) is 6.51. The summed E-state index contributed by atoms with van der Waals surface area (Å²) in [5.41, 5.74) is 2.64. The summed E-state index contributed by atoms with van der Waals surface area (Å²) in [7, 11) is 0. The number of rotatable bonds is 9. The van der Waals surface area contributed by atoms with E-state index in [1.807, 2.05) is 63.2 Å². The SMILES string of the molecule is CCC(C(=O)Nc1ccc(-n2nc(OCC(C)C)nc2-c2ccccc2F)cc1)c1ccccc1. The molecule has 0 radical (unpaired) electrons. The molecule has 1 unspecified atom stereocenters. The van der Waals surface area contributed by atoms with E-state index in [4.69, 9.17) is 4.74 Å². The van der Waals surface area contributed by atoms with E-state index in [-0.39, 0.29) is 17.8 Å². The van der Waals surface area contributed by atoms with Crippen LogP contribution in [-0.4, -0.2) is 27.3 Å². The summed E-state index contributed by atoms with van der Waals surface area (Å²) in [6, 6.07) is 23.6. The molecule has 1 N–H and O–H groups in total. The molecule has 0 aliphatic carbocycles. The average molecular weight is 473 g/mol. The predicted molar refractivity (Wildman–Crippen MR) is 135 cm³/mol. The van der Waals surface area contributed by atoms with Gasteiger partial charge in [0.1, 0.15) is 5.82 Å². The van der Waals surface area contributed by atoms with Crippen molar-refractivity contribution in [3.63, 3.8) is 0 Å². The highest BCUT2D eigenvalue weighted by Gasteiger charge is 2.20. The van der Waals surface area contributed by atoms with Gasteiger partial charge >= 0.3 is 6.01 Å². The summed E-state index contributed by atoms with van der Waals surface area (Å²) in [5, 5.41) is 7.47. The second kappa shape index (κ2) is 11.0. The summed E-state index contributed by atoms with van der Waals surface area (Å²) in [5.74, 6) is -0.0616. The number of aromatic nitrogens is 3. The number of hydrogen-bond acceptors (Lipinski definition) is 4. The summed E-state index contributed by atoms with van der Waals surface area (Å²) >= 11 is 0. The molecule has 1 amide bonds. The molecule has 1 atom stereocenters. The second-order valence-corrected chi connectivity index (χ2v) is 8.72. The van der Waals surface area contributed by atoms with Gasteiger partial charge in [-0.25, -0.2) is 9.07 Å². The van der Waals surface area contributed by atoms with Crippen molar-refractivity contribution in [1.82, 2.24) is 14.8 Å². The highest BCUT2D eigenvalue weighted by molar-refractivity contribution is 5.95. The maximum Gasteiger partial charge on any atom is 0.336 e. The molecule has 1 aromatic heterocycles. The van der Waals surface area contributed by atoms with Crippen LogP contribution in [0.4, 0.5) is 10.1 Å². The highest BCUT2D eigenvalue weighted by Crippen LogP contribution is 2.27. The molecule has 0 bridgehead atoms. The molecule has 0 saturated heterocycles. The first-order chi connectivity index (χ1) is 17.0. The first-order valence-corrected chi connectivity index (χ1v) is 11.8. The van der Waals surface area contributed by atoms with Crippen LogP contribution >= 0.6 is 0 Å². The summed E-state index contributed by atoms with van der Waals surface area (Å²) < 4.78 is 21.8. The number of hydrogen-bond donors (Lipinski definition) is 1. The predicted octanol–water partition coefficient (Wildman–Crippen LogP) is 6.24. The molecule has 7 heteroatoms. The minimum Gasteiger partial charge on any atom is -0.462 e. The van der Waals surface area contributed by atoms with Crippen molar-refractivity contribution in [3.8, 4) is 23.1 Å². The molecule has 4 aromatic rings. The van der Waals surface area contributed by atoms with Crippen LogP contribution in [0.2, 0.25) is 0 Å². The lowest BCUT2D eigenvalue weighted by atomic mass is 9.95. The largest absolute Gasteiger partial charge is 0.462 e. The third-order valence-electron chi connectivity index (χ3n) is 5.55. The Bertz CT molecular complexity index is 1270. The van der Waals surface area contributed by atoms with Crippen LogP contribution in [0.1, 0.15) is 38.7 Å². The van der Waals surface area contributed by atoms with Crippen LogP contribution < -0.4 is 10.1 Å². The zero-order chi connectivity index (χ0) is 24.8. The second-order valence-electron chi connectivity index (χ2n) is 8.72. The van der Waals surface area contributed by atoms with E-state index in [1.165, 1.54) is 6.07 Å². The van der Waals surface area contributed by atoms with E-state index < -0.39 is 5.82 Å². The first-order valence-electron chi connectivity index (χ1n) is 11.8. The number of halogens is 1. The van der Waals surface area contributed by atoms with Crippen LogP contribution in [0, 0.1) is 11.7 Å². The lowest BCUT2D eigenvalue weighted by Crippen LogP contribution is -2.20. The van der Waals surface area contributed by atoms with Gasteiger partial charge in [-0.15, -0.1) is 5.10 Å². The molecular formula is C28H29FN4O2. The van der Waals surface area contributed by atoms with Gasteiger partial charge in [-0.1, -0.05) is 63.2 Å². The van der Waals surface area contributed by atoms with Gasteiger partial charge in [0.15, 0.2) is 5.82 Å². The molecule has 180 valence electrons. The van der Waals surface area contributed by atoms with Gasteiger partial charge in [-0.05, 0) is 54.3 Å². The number of benzene rings is 3. The Morgan fingerprint density at radius 1 is 1.00 bits per heavy atom. The van der Waals surface area contributed by atoms with E-state index in [1.54, 1.807) is 35.0 Å². The number of ether oxygens (including phenoxy) is 1. The van der Waals surface area contributed by atoms with E-state index in [2.05, 4.69) is 15.4 Å². The Kier molecular flexibility index (Phi) is 7.55. The highest BCUT2D eigenvalue weighted by atomic mass is 19.1. The molecule has 6 nitrogen and oxygen atoms in total.